The zero-order valence-corrected chi connectivity index (χ0v) is 11.6. The van der Waals surface area contributed by atoms with Crippen LogP contribution in [0.5, 0.6) is 11.6 Å². The Kier molecular flexibility index (Phi) is 4.99. The van der Waals surface area contributed by atoms with Crippen molar-refractivity contribution in [2.24, 2.45) is 0 Å². The van der Waals surface area contributed by atoms with Crippen molar-refractivity contribution in [1.29, 1.82) is 0 Å². The summed E-state index contributed by atoms with van der Waals surface area (Å²) in [5.41, 5.74) is 1.45. The molecule has 0 saturated carbocycles. The van der Waals surface area contributed by atoms with Gasteiger partial charge in [0.2, 0.25) is 5.88 Å². The van der Waals surface area contributed by atoms with Crippen LogP contribution in [-0.2, 0) is 0 Å². The minimum atomic E-state index is -2.84. The molecule has 0 saturated heterocycles. The van der Waals surface area contributed by atoms with E-state index in [2.05, 4.69) is 20.0 Å². The summed E-state index contributed by atoms with van der Waals surface area (Å²) in [4.78, 5) is 8.37. The molecular formula is C14H15F2N3O2. The second kappa shape index (κ2) is 6.94. The molecule has 21 heavy (non-hydrogen) atoms. The van der Waals surface area contributed by atoms with Gasteiger partial charge in [0, 0.05) is 12.4 Å². The molecule has 7 heteroatoms. The molecule has 0 amide bonds. The van der Waals surface area contributed by atoms with Gasteiger partial charge in [-0.2, -0.15) is 8.78 Å². The van der Waals surface area contributed by atoms with Crippen molar-refractivity contribution in [3.05, 3.63) is 47.9 Å². The third-order valence-corrected chi connectivity index (χ3v) is 2.89. The van der Waals surface area contributed by atoms with E-state index < -0.39 is 6.61 Å². The summed E-state index contributed by atoms with van der Waals surface area (Å²) in [5, 5.41) is 3.10. The Hall–Kier alpha value is -2.28. The first-order valence-corrected chi connectivity index (χ1v) is 6.22. The Morgan fingerprint density at radius 3 is 2.33 bits per heavy atom. The number of halogens is 2. The zero-order valence-electron chi connectivity index (χ0n) is 11.6. The summed E-state index contributed by atoms with van der Waals surface area (Å²) in [6.45, 7) is -2.84. The van der Waals surface area contributed by atoms with Gasteiger partial charge in [-0.05, 0) is 24.7 Å². The number of methoxy groups -OCH3 is 1. The molecule has 112 valence electrons. The second-order valence-electron chi connectivity index (χ2n) is 4.12. The van der Waals surface area contributed by atoms with E-state index in [0.29, 0.717) is 11.6 Å². The zero-order chi connectivity index (χ0) is 15.2. The smallest absolute Gasteiger partial charge is 0.387 e. The molecule has 5 nitrogen and oxygen atoms in total. The highest BCUT2D eigenvalue weighted by Gasteiger charge is 2.19. The van der Waals surface area contributed by atoms with Crippen molar-refractivity contribution in [1.82, 2.24) is 15.3 Å². The van der Waals surface area contributed by atoms with Crippen LogP contribution >= 0.6 is 0 Å². The van der Waals surface area contributed by atoms with Crippen LogP contribution in [0.2, 0.25) is 0 Å². The quantitative estimate of drug-likeness (QED) is 0.887. The predicted molar refractivity (Wildman–Crippen MR) is 72.6 cm³/mol. The van der Waals surface area contributed by atoms with Crippen LogP contribution in [0.4, 0.5) is 8.78 Å². The third kappa shape index (κ3) is 3.63. The lowest BCUT2D eigenvalue weighted by Crippen LogP contribution is -2.20. The molecule has 2 rings (SSSR count). The van der Waals surface area contributed by atoms with Crippen molar-refractivity contribution in [2.75, 3.05) is 14.2 Å². The number of benzene rings is 1. The summed E-state index contributed by atoms with van der Waals surface area (Å²) < 4.78 is 33.8. The van der Waals surface area contributed by atoms with E-state index in [0.717, 1.165) is 5.56 Å². The highest BCUT2D eigenvalue weighted by Crippen LogP contribution is 2.27. The van der Waals surface area contributed by atoms with Crippen LogP contribution in [-0.4, -0.2) is 30.7 Å². The van der Waals surface area contributed by atoms with Gasteiger partial charge in [-0.1, -0.05) is 12.1 Å². The number of aromatic nitrogens is 2. The van der Waals surface area contributed by atoms with Gasteiger partial charge in [-0.3, -0.25) is 4.98 Å². The van der Waals surface area contributed by atoms with Gasteiger partial charge in [0.25, 0.3) is 0 Å². The number of nitrogens with zero attached hydrogens (tertiary/aromatic N) is 2. The van der Waals surface area contributed by atoms with Gasteiger partial charge in [0.05, 0.1) is 13.2 Å². The highest BCUT2D eigenvalue weighted by molar-refractivity contribution is 5.36. The monoisotopic (exact) mass is 295 g/mol. The summed E-state index contributed by atoms with van der Waals surface area (Å²) in [5.74, 6) is 0.513. The van der Waals surface area contributed by atoms with Gasteiger partial charge in [0.15, 0.2) is 0 Å². The first-order valence-electron chi connectivity index (χ1n) is 6.22. The molecule has 1 unspecified atom stereocenters. The number of alkyl halides is 2. The Morgan fingerprint density at radius 1 is 1.10 bits per heavy atom. The summed E-state index contributed by atoms with van der Waals surface area (Å²) in [6.07, 6.45) is 3.10. The lowest BCUT2D eigenvalue weighted by molar-refractivity contribution is -0.0498. The first-order chi connectivity index (χ1) is 10.2. The molecule has 1 atom stereocenters. The molecule has 0 bridgehead atoms. The number of hydrogen-bond acceptors (Lipinski definition) is 5. The normalized spacial score (nSPS) is 12.2. The van der Waals surface area contributed by atoms with Crippen LogP contribution in [0.3, 0.4) is 0 Å². The average Bonchev–Trinajstić information content (AvgIpc) is 2.49. The maximum absolute atomic E-state index is 12.1. The number of nitrogens with one attached hydrogen (secondary N) is 1. The molecule has 1 aromatic carbocycles. The van der Waals surface area contributed by atoms with Gasteiger partial charge in [-0.25, -0.2) is 4.98 Å². The second-order valence-corrected chi connectivity index (χ2v) is 4.12. The maximum atomic E-state index is 12.1. The van der Waals surface area contributed by atoms with Crippen molar-refractivity contribution in [3.8, 4) is 11.6 Å². The molecule has 0 aliphatic heterocycles. The molecule has 1 N–H and O–H groups in total. The first kappa shape index (κ1) is 15.1. The molecular weight excluding hydrogens is 280 g/mol. The molecule has 1 heterocycles. The third-order valence-electron chi connectivity index (χ3n) is 2.89. The van der Waals surface area contributed by atoms with Crippen LogP contribution < -0.4 is 14.8 Å². The molecule has 0 aliphatic carbocycles. The largest absolute Gasteiger partial charge is 0.480 e. The molecule has 0 fully saturated rings. The van der Waals surface area contributed by atoms with E-state index in [9.17, 15) is 8.78 Å². The fourth-order valence-corrected chi connectivity index (χ4v) is 1.99. The van der Waals surface area contributed by atoms with Crippen molar-refractivity contribution in [3.63, 3.8) is 0 Å². The maximum Gasteiger partial charge on any atom is 0.387 e. The van der Waals surface area contributed by atoms with E-state index in [1.807, 2.05) is 0 Å². The van der Waals surface area contributed by atoms with E-state index in [4.69, 9.17) is 4.74 Å². The van der Waals surface area contributed by atoms with Crippen LogP contribution in [0.1, 0.15) is 17.3 Å². The standard InChI is InChI=1S/C14H15F2N3O2/c1-17-11(12-13(20-2)19-8-7-18-12)9-3-5-10(6-4-9)21-14(15)16/h3-8,11,14,17H,1-2H3. The van der Waals surface area contributed by atoms with Crippen LogP contribution in [0, 0.1) is 0 Å². The van der Waals surface area contributed by atoms with Gasteiger partial charge < -0.3 is 14.8 Å². The van der Waals surface area contributed by atoms with Crippen molar-refractivity contribution in [2.45, 2.75) is 12.7 Å². The average molecular weight is 295 g/mol. The van der Waals surface area contributed by atoms with Gasteiger partial charge in [-0.15, -0.1) is 0 Å². The predicted octanol–water partition coefficient (Wildman–Crippen LogP) is 2.40. The summed E-state index contributed by atoms with van der Waals surface area (Å²) in [7, 11) is 3.28. The molecule has 1 aromatic heterocycles. The van der Waals surface area contributed by atoms with Crippen molar-refractivity contribution < 1.29 is 18.3 Å². The molecule has 0 spiro atoms. The number of ether oxygens (including phenoxy) is 2. The number of hydrogen-bond donors (Lipinski definition) is 1. The van der Waals surface area contributed by atoms with Crippen LogP contribution in [0.15, 0.2) is 36.7 Å². The molecule has 0 radical (unpaired) electrons. The van der Waals surface area contributed by atoms with E-state index in [1.54, 1.807) is 25.4 Å². The topological polar surface area (TPSA) is 56.3 Å². The highest BCUT2D eigenvalue weighted by atomic mass is 19.3. The SMILES string of the molecule is CNC(c1ccc(OC(F)F)cc1)c1nccnc1OC. The lowest BCUT2D eigenvalue weighted by Gasteiger charge is -2.18. The summed E-state index contributed by atoms with van der Waals surface area (Å²) in [6, 6.07) is 6.07. The summed E-state index contributed by atoms with van der Waals surface area (Å²) >= 11 is 0. The van der Waals surface area contributed by atoms with Crippen molar-refractivity contribution >= 4 is 0 Å². The Labute approximate surface area is 120 Å². The van der Waals surface area contributed by atoms with E-state index in [-0.39, 0.29) is 11.8 Å². The van der Waals surface area contributed by atoms with Gasteiger partial charge in [0.1, 0.15) is 11.4 Å². The fourth-order valence-electron chi connectivity index (χ4n) is 1.99. The Bertz CT molecular complexity index is 579. The van der Waals surface area contributed by atoms with Crippen LogP contribution in [0.25, 0.3) is 0 Å². The van der Waals surface area contributed by atoms with Gasteiger partial charge >= 0.3 is 6.61 Å². The molecule has 0 aliphatic rings. The fraction of sp³-hybridized carbons (Fsp3) is 0.286. The molecule has 2 aromatic rings. The Balaban J connectivity index is 2.29. The van der Waals surface area contributed by atoms with E-state index in [1.165, 1.54) is 25.4 Å². The minimum Gasteiger partial charge on any atom is -0.480 e. The lowest BCUT2D eigenvalue weighted by atomic mass is 10.0. The van der Waals surface area contributed by atoms with E-state index >= 15 is 0 Å². The Morgan fingerprint density at radius 2 is 1.76 bits per heavy atom. The number of rotatable bonds is 6. The minimum absolute atomic E-state index is 0.106.